The van der Waals surface area contributed by atoms with Gasteiger partial charge in [0.2, 0.25) is 5.28 Å². The highest BCUT2D eigenvalue weighted by atomic mass is 35.5. The van der Waals surface area contributed by atoms with Gasteiger partial charge in [0.1, 0.15) is 16.8 Å². The number of benzene rings is 2. The van der Waals surface area contributed by atoms with Crippen molar-refractivity contribution in [1.29, 1.82) is 0 Å². The van der Waals surface area contributed by atoms with Gasteiger partial charge in [0.25, 0.3) is 0 Å². The van der Waals surface area contributed by atoms with Gasteiger partial charge in [0, 0.05) is 38.3 Å². The van der Waals surface area contributed by atoms with Gasteiger partial charge in [-0.05, 0) is 67.8 Å². The fourth-order valence-corrected chi connectivity index (χ4v) is 6.29. The van der Waals surface area contributed by atoms with E-state index in [2.05, 4.69) is 43.0 Å². The van der Waals surface area contributed by atoms with Crippen molar-refractivity contribution in [2.75, 3.05) is 57.3 Å². The molecule has 0 atom stereocenters. The van der Waals surface area contributed by atoms with E-state index in [0.717, 1.165) is 38.9 Å². The minimum atomic E-state index is -3.12. The average Bonchev–Trinajstić information content (AvgIpc) is 3.19. The van der Waals surface area contributed by atoms with Crippen molar-refractivity contribution >= 4 is 52.6 Å². The maximum atomic E-state index is 12.9. The second-order valence-electron chi connectivity index (χ2n) is 9.02. The number of fused-ring (bicyclic) bond motifs is 3. The van der Waals surface area contributed by atoms with Crippen LogP contribution in [-0.4, -0.2) is 61.7 Å². The maximum absolute atomic E-state index is 12.9. The third kappa shape index (κ3) is 6.24. The SMILES string of the molecule is CCOP(=O)(CCCNc1nc(Cl)nc2c3cc(N(C)C)ccc3n(Cc3ccc(OC)cc3)c12)OCC. The summed E-state index contributed by atoms with van der Waals surface area (Å²) in [6.07, 6.45) is 0.883. The zero-order valence-electron chi connectivity index (χ0n) is 22.5. The van der Waals surface area contributed by atoms with Crippen molar-refractivity contribution in [2.45, 2.75) is 26.8 Å². The molecule has 0 fully saturated rings. The highest BCUT2D eigenvalue weighted by molar-refractivity contribution is 7.53. The Labute approximate surface area is 228 Å². The lowest BCUT2D eigenvalue weighted by Gasteiger charge is -2.17. The van der Waals surface area contributed by atoms with Gasteiger partial charge in [-0.25, -0.2) is 4.98 Å². The molecule has 11 heteroatoms. The lowest BCUT2D eigenvalue weighted by molar-refractivity contribution is 0.220. The molecule has 0 saturated heterocycles. The molecule has 204 valence electrons. The summed E-state index contributed by atoms with van der Waals surface area (Å²) in [5.41, 5.74) is 4.82. The van der Waals surface area contributed by atoms with Crippen molar-refractivity contribution in [1.82, 2.24) is 14.5 Å². The Hall–Kier alpha value is -2.84. The molecular weight excluding hydrogens is 525 g/mol. The van der Waals surface area contributed by atoms with E-state index in [1.54, 1.807) is 7.11 Å². The molecule has 0 aliphatic rings. The van der Waals surface area contributed by atoms with Gasteiger partial charge < -0.3 is 28.6 Å². The molecule has 0 amide bonds. The summed E-state index contributed by atoms with van der Waals surface area (Å²) >= 11 is 6.42. The summed E-state index contributed by atoms with van der Waals surface area (Å²) in [6, 6.07) is 14.3. The van der Waals surface area contributed by atoms with Crippen molar-refractivity contribution in [3.63, 3.8) is 0 Å². The summed E-state index contributed by atoms with van der Waals surface area (Å²) < 4.78 is 31.2. The van der Waals surface area contributed by atoms with E-state index in [-0.39, 0.29) is 5.28 Å². The normalized spacial score (nSPS) is 11.8. The van der Waals surface area contributed by atoms with E-state index < -0.39 is 7.60 Å². The minimum absolute atomic E-state index is 0.160. The van der Waals surface area contributed by atoms with Crippen molar-refractivity contribution < 1.29 is 18.3 Å². The van der Waals surface area contributed by atoms with E-state index in [4.69, 9.17) is 25.4 Å². The summed E-state index contributed by atoms with van der Waals surface area (Å²) in [5.74, 6) is 1.43. The van der Waals surface area contributed by atoms with Crippen LogP contribution in [0.25, 0.3) is 21.9 Å². The average molecular weight is 560 g/mol. The standard InChI is InChI=1S/C27H35ClN5O4P/c1-6-36-38(34,37-7-2)16-8-15-29-26-25-24(30-27(28)31-26)22-17-20(32(3)4)11-14-23(22)33(25)18-19-9-12-21(35-5)13-10-19/h9-14,17H,6-8,15-16,18H2,1-5H3,(H,29,30,31). The highest BCUT2D eigenvalue weighted by Gasteiger charge is 2.23. The molecule has 4 rings (SSSR count). The third-order valence-electron chi connectivity index (χ3n) is 6.22. The van der Waals surface area contributed by atoms with Crippen molar-refractivity contribution in [3.05, 3.63) is 53.3 Å². The molecule has 0 saturated carbocycles. The Morgan fingerprint density at radius 1 is 1.05 bits per heavy atom. The molecule has 2 aromatic heterocycles. The van der Waals surface area contributed by atoms with Crippen molar-refractivity contribution in [2.24, 2.45) is 0 Å². The molecule has 1 N–H and O–H groups in total. The van der Waals surface area contributed by atoms with Crippen LogP contribution in [0.5, 0.6) is 5.75 Å². The number of ether oxygens (including phenoxy) is 1. The second kappa shape index (κ2) is 12.3. The molecule has 0 spiro atoms. The summed E-state index contributed by atoms with van der Waals surface area (Å²) in [4.78, 5) is 11.3. The number of halogens is 1. The number of methoxy groups -OCH3 is 1. The second-order valence-corrected chi connectivity index (χ2v) is 11.5. The number of anilines is 2. The van der Waals surface area contributed by atoms with E-state index in [9.17, 15) is 4.57 Å². The predicted octanol–water partition coefficient (Wildman–Crippen LogP) is 6.43. The molecule has 2 aromatic carbocycles. The number of aromatic nitrogens is 3. The van der Waals surface area contributed by atoms with Gasteiger partial charge in [-0.15, -0.1) is 0 Å². The largest absolute Gasteiger partial charge is 0.497 e. The van der Waals surface area contributed by atoms with Crippen LogP contribution in [0.15, 0.2) is 42.5 Å². The quantitative estimate of drug-likeness (QED) is 0.114. The number of nitrogens with zero attached hydrogens (tertiary/aromatic N) is 4. The van der Waals surface area contributed by atoms with Gasteiger partial charge in [0.15, 0.2) is 5.82 Å². The molecule has 0 aliphatic heterocycles. The first kappa shape index (κ1) is 28.2. The number of rotatable bonds is 13. The fraction of sp³-hybridized carbons (Fsp3) is 0.407. The zero-order chi connectivity index (χ0) is 27.3. The lowest BCUT2D eigenvalue weighted by Crippen LogP contribution is -2.10. The van der Waals surface area contributed by atoms with Crippen LogP contribution in [0.1, 0.15) is 25.8 Å². The molecule has 9 nitrogen and oxygen atoms in total. The Morgan fingerprint density at radius 3 is 2.39 bits per heavy atom. The minimum Gasteiger partial charge on any atom is -0.497 e. The lowest BCUT2D eigenvalue weighted by atomic mass is 10.2. The van der Waals surface area contributed by atoms with Crippen LogP contribution >= 0.6 is 19.2 Å². The zero-order valence-corrected chi connectivity index (χ0v) is 24.2. The number of nitrogens with one attached hydrogen (secondary N) is 1. The molecule has 0 bridgehead atoms. The van der Waals surface area contributed by atoms with Crippen LogP contribution in [0.3, 0.4) is 0 Å². The first-order valence-electron chi connectivity index (χ1n) is 12.7. The van der Waals surface area contributed by atoms with Gasteiger partial charge in [-0.3, -0.25) is 4.57 Å². The number of hydrogen-bond donors (Lipinski definition) is 1. The van der Waals surface area contributed by atoms with E-state index in [0.29, 0.717) is 44.7 Å². The van der Waals surface area contributed by atoms with Crippen LogP contribution in [0.2, 0.25) is 5.28 Å². The summed E-state index contributed by atoms with van der Waals surface area (Å²) in [7, 11) is 2.56. The number of hydrogen-bond acceptors (Lipinski definition) is 8. The van der Waals surface area contributed by atoms with E-state index >= 15 is 0 Å². The van der Waals surface area contributed by atoms with Gasteiger partial charge in [-0.1, -0.05) is 12.1 Å². The van der Waals surface area contributed by atoms with Crippen LogP contribution < -0.4 is 15.0 Å². The van der Waals surface area contributed by atoms with Crippen molar-refractivity contribution in [3.8, 4) is 5.75 Å². The molecule has 0 aliphatic carbocycles. The first-order valence-corrected chi connectivity index (χ1v) is 14.8. The highest BCUT2D eigenvalue weighted by Crippen LogP contribution is 2.48. The molecule has 4 aromatic rings. The Morgan fingerprint density at radius 2 is 1.76 bits per heavy atom. The van der Waals surface area contributed by atoms with Gasteiger partial charge in [-0.2, -0.15) is 4.98 Å². The topological polar surface area (TPSA) is 90.7 Å². The summed E-state index contributed by atoms with van der Waals surface area (Å²) in [6.45, 7) is 5.43. The fourth-order valence-electron chi connectivity index (χ4n) is 4.46. The molecule has 0 radical (unpaired) electrons. The molecule has 2 heterocycles. The van der Waals surface area contributed by atoms with Crippen LogP contribution in [-0.2, 0) is 20.2 Å². The Kier molecular flexibility index (Phi) is 9.15. The molecule has 38 heavy (non-hydrogen) atoms. The molecule has 0 unspecified atom stereocenters. The van der Waals surface area contributed by atoms with E-state index in [1.807, 2.05) is 52.2 Å². The monoisotopic (exact) mass is 559 g/mol. The predicted molar refractivity (Wildman–Crippen MR) is 155 cm³/mol. The smallest absolute Gasteiger partial charge is 0.330 e. The van der Waals surface area contributed by atoms with Crippen LogP contribution in [0.4, 0.5) is 11.5 Å². The Bertz CT molecular complexity index is 1430. The Balaban J connectivity index is 1.73. The first-order chi connectivity index (χ1) is 18.3. The van der Waals surface area contributed by atoms with Crippen LogP contribution in [0, 0.1) is 0 Å². The molecular formula is C27H35ClN5O4P. The van der Waals surface area contributed by atoms with Gasteiger partial charge in [0.05, 0.1) is 32.0 Å². The van der Waals surface area contributed by atoms with E-state index in [1.165, 1.54) is 0 Å². The van der Waals surface area contributed by atoms with Gasteiger partial charge >= 0.3 is 7.60 Å². The maximum Gasteiger partial charge on any atom is 0.330 e. The summed E-state index contributed by atoms with van der Waals surface area (Å²) in [5, 5.41) is 4.56. The third-order valence-corrected chi connectivity index (χ3v) is 8.56.